The third kappa shape index (κ3) is 3.24. The highest BCUT2D eigenvalue weighted by molar-refractivity contribution is 6.31. The molecule has 4 heteroatoms. The van der Waals surface area contributed by atoms with E-state index in [2.05, 4.69) is 5.32 Å². The fourth-order valence-corrected chi connectivity index (χ4v) is 2.55. The van der Waals surface area contributed by atoms with Gasteiger partial charge in [-0.15, -0.1) is 0 Å². The first-order valence-electron chi connectivity index (χ1n) is 6.44. The Kier molecular flexibility index (Phi) is 4.61. The number of nitrogens with zero attached hydrogens (tertiary/aromatic N) is 1. The highest BCUT2D eigenvalue weighted by Crippen LogP contribution is 2.21. The van der Waals surface area contributed by atoms with E-state index < -0.39 is 0 Å². The molecule has 1 atom stereocenters. The second-order valence-electron chi connectivity index (χ2n) is 4.71. The van der Waals surface area contributed by atoms with Gasteiger partial charge in [-0.25, -0.2) is 0 Å². The zero-order valence-electron chi connectivity index (χ0n) is 10.7. The van der Waals surface area contributed by atoms with E-state index in [-0.39, 0.29) is 11.9 Å². The van der Waals surface area contributed by atoms with E-state index in [1.54, 1.807) is 0 Å². The summed E-state index contributed by atoms with van der Waals surface area (Å²) in [7, 11) is 0. The van der Waals surface area contributed by atoms with Crippen LogP contribution >= 0.6 is 11.6 Å². The maximum Gasteiger partial charge on any atom is 0.236 e. The molecule has 1 N–H and O–H groups in total. The number of carbonyl (C=O) groups is 1. The van der Waals surface area contributed by atoms with Crippen LogP contribution in [0.15, 0.2) is 24.3 Å². The summed E-state index contributed by atoms with van der Waals surface area (Å²) in [6.07, 6.45) is 2.26. The maximum atomic E-state index is 11.9. The average molecular weight is 267 g/mol. The van der Waals surface area contributed by atoms with Gasteiger partial charge in [-0.05, 0) is 31.4 Å². The van der Waals surface area contributed by atoms with Crippen molar-refractivity contribution >= 4 is 17.5 Å². The summed E-state index contributed by atoms with van der Waals surface area (Å²) in [6, 6.07) is 7.82. The number of carbonyl (C=O) groups excluding carboxylic acids is 1. The van der Waals surface area contributed by atoms with Gasteiger partial charge in [-0.3, -0.25) is 4.79 Å². The van der Waals surface area contributed by atoms with Gasteiger partial charge in [0.1, 0.15) is 0 Å². The van der Waals surface area contributed by atoms with Crippen LogP contribution in [0, 0.1) is 0 Å². The smallest absolute Gasteiger partial charge is 0.236 e. The summed E-state index contributed by atoms with van der Waals surface area (Å²) < 4.78 is 0. The van der Waals surface area contributed by atoms with Gasteiger partial charge >= 0.3 is 0 Å². The Labute approximate surface area is 113 Å². The van der Waals surface area contributed by atoms with E-state index in [0.29, 0.717) is 6.54 Å². The molecule has 98 valence electrons. The van der Waals surface area contributed by atoms with Crippen molar-refractivity contribution in [2.75, 3.05) is 19.6 Å². The van der Waals surface area contributed by atoms with Crippen molar-refractivity contribution in [3.8, 4) is 0 Å². The molecule has 1 aromatic carbocycles. The van der Waals surface area contributed by atoms with E-state index in [4.69, 9.17) is 11.6 Å². The molecular weight excluding hydrogens is 248 g/mol. The summed E-state index contributed by atoms with van der Waals surface area (Å²) in [6.45, 7) is 4.22. The Morgan fingerprint density at radius 1 is 1.39 bits per heavy atom. The Hall–Kier alpha value is -1.06. The van der Waals surface area contributed by atoms with Crippen molar-refractivity contribution in [3.63, 3.8) is 0 Å². The summed E-state index contributed by atoms with van der Waals surface area (Å²) in [5, 5.41) is 3.98. The zero-order valence-corrected chi connectivity index (χ0v) is 11.4. The van der Waals surface area contributed by atoms with E-state index >= 15 is 0 Å². The van der Waals surface area contributed by atoms with Crippen molar-refractivity contribution in [1.82, 2.24) is 10.2 Å². The van der Waals surface area contributed by atoms with Crippen LogP contribution in [0.1, 0.15) is 31.4 Å². The van der Waals surface area contributed by atoms with Crippen LogP contribution in [0.5, 0.6) is 0 Å². The van der Waals surface area contributed by atoms with Crippen LogP contribution in [0.3, 0.4) is 0 Å². The van der Waals surface area contributed by atoms with Crippen molar-refractivity contribution < 1.29 is 4.79 Å². The first-order chi connectivity index (χ1) is 8.68. The molecule has 3 nitrogen and oxygen atoms in total. The third-order valence-corrected chi connectivity index (χ3v) is 3.73. The summed E-state index contributed by atoms with van der Waals surface area (Å²) in [5.74, 6) is 0.186. The molecule has 1 aromatic rings. The standard InChI is InChI=1S/C14H19ClN2O/c1-11(12-6-2-3-7-13(12)15)16-10-14(18)17-8-4-5-9-17/h2-3,6-7,11,16H,4-5,8-10H2,1H3. The molecule has 18 heavy (non-hydrogen) atoms. The van der Waals surface area contributed by atoms with Gasteiger partial charge in [0, 0.05) is 24.2 Å². The number of likely N-dealkylation sites (tertiary alicyclic amines) is 1. The summed E-state index contributed by atoms with van der Waals surface area (Å²) in [5.41, 5.74) is 1.04. The first kappa shape index (κ1) is 13.4. The largest absolute Gasteiger partial charge is 0.342 e. The van der Waals surface area contributed by atoms with Crippen LogP contribution < -0.4 is 5.32 Å². The van der Waals surface area contributed by atoms with Crippen LogP contribution in [0.2, 0.25) is 5.02 Å². The zero-order chi connectivity index (χ0) is 13.0. The van der Waals surface area contributed by atoms with E-state index in [1.807, 2.05) is 36.1 Å². The Morgan fingerprint density at radius 3 is 2.72 bits per heavy atom. The minimum atomic E-state index is 0.0882. The van der Waals surface area contributed by atoms with Crippen LogP contribution in [-0.4, -0.2) is 30.4 Å². The number of hydrogen-bond donors (Lipinski definition) is 1. The molecule has 0 saturated carbocycles. The molecular formula is C14H19ClN2O. The summed E-state index contributed by atoms with van der Waals surface area (Å²) >= 11 is 6.13. The van der Waals surface area contributed by atoms with Crippen LogP contribution in [-0.2, 0) is 4.79 Å². The van der Waals surface area contributed by atoms with Gasteiger partial charge in [0.05, 0.1) is 6.54 Å². The Balaban J connectivity index is 1.86. The van der Waals surface area contributed by atoms with Gasteiger partial charge in [-0.1, -0.05) is 29.8 Å². The van der Waals surface area contributed by atoms with Gasteiger partial charge < -0.3 is 10.2 Å². The minimum Gasteiger partial charge on any atom is -0.342 e. The maximum absolute atomic E-state index is 11.9. The number of hydrogen-bond acceptors (Lipinski definition) is 2. The number of halogens is 1. The van der Waals surface area contributed by atoms with Gasteiger partial charge in [0.2, 0.25) is 5.91 Å². The molecule has 1 aliphatic heterocycles. The van der Waals surface area contributed by atoms with E-state index in [0.717, 1.165) is 36.5 Å². The predicted octanol–water partition coefficient (Wildman–Crippen LogP) is 2.61. The molecule has 1 amide bonds. The molecule has 2 rings (SSSR count). The quantitative estimate of drug-likeness (QED) is 0.909. The summed E-state index contributed by atoms with van der Waals surface area (Å²) in [4.78, 5) is 13.8. The van der Waals surface area contributed by atoms with Crippen molar-refractivity contribution in [2.45, 2.75) is 25.8 Å². The lowest BCUT2D eigenvalue weighted by atomic mass is 10.1. The molecule has 1 heterocycles. The molecule has 0 radical (unpaired) electrons. The van der Waals surface area contributed by atoms with Crippen molar-refractivity contribution in [2.24, 2.45) is 0 Å². The number of benzene rings is 1. The molecule has 0 spiro atoms. The molecule has 1 fully saturated rings. The number of rotatable bonds is 4. The second-order valence-corrected chi connectivity index (χ2v) is 5.12. The van der Waals surface area contributed by atoms with Crippen LogP contribution in [0.4, 0.5) is 0 Å². The number of nitrogens with one attached hydrogen (secondary N) is 1. The molecule has 0 aromatic heterocycles. The lowest BCUT2D eigenvalue weighted by Gasteiger charge is -2.19. The molecule has 0 aliphatic carbocycles. The van der Waals surface area contributed by atoms with Crippen molar-refractivity contribution in [1.29, 1.82) is 0 Å². The first-order valence-corrected chi connectivity index (χ1v) is 6.82. The monoisotopic (exact) mass is 266 g/mol. The van der Waals surface area contributed by atoms with Gasteiger partial charge in [-0.2, -0.15) is 0 Å². The lowest BCUT2D eigenvalue weighted by molar-refractivity contribution is -0.129. The van der Waals surface area contributed by atoms with Crippen LogP contribution in [0.25, 0.3) is 0 Å². The molecule has 1 aliphatic rings. The fourth-order valence-electron chi connectivity index (χ4n) is 2.25. The highest BCUT2D eigenvalue weighted by Gasteiger charge is 2.18. The van der Waals surface area contributed by atoms with Gasteiger partial charge in [0.15, 0.2) is 0 Å². The molecule has 0 bridgehead atoms. The Morgan fingerprint density at radius 2 is 2.06 bits per heavy atom. The third-order valence-electron chi connectivity index (χ3n) is 3.39. The topological polar surface area (TPSA) is 32.3 Å². The molecule has 1 unspecified atom stereocenters. The average Bonchev–Trinajstić information content (AvgIpc) is 2.90. The SMILES string of the molecule is CC(NCC(=O)N1CCCC1)c1ccccc1Cl. The van der Waals surface area contributed by atoms with E-state index in [1.165, 1.54) is 0 Å². The van der Waals surface area contributed by atoms with Gasteiger partial charge in [0.25, 0.3) is 0 Å². The van der Waals surface area contributed by atoms with E-state index in [9.17, 15) is 4.79 Å². The lowest BCUT2D eigenvalue weighted by Crippen LogP contribution is -2.37. The fraction of sp³-hybridized carbons (Fsp3) is 0.500. The molecule has 1 saturated heterocycles. The second kappa shape index (κ2) is 6.21. The Bertz CT molecular complexity index is 416. The normalized spacial score (nSPS) is 16.9. The van der Waals surface area contributed by atoms with Crippen molar-refractivity contribution in [3.05, 3.63) is 34.9 Å². The highest BCUT2D eigenvalue weighted by atomic mass is 35.5. The number of amides is 1. The predicted molar refractivity (Wildman–Crippen MR) is 73.7 cm³/mol. The minimum absolute atomic E-state index is 0.0882.